The van der Waals surface area contributed by atoms with Crippen LogP contribution < -0.4 is 10.4 Å². The summed E-state index contributed by atoms with van der Waals surface area (Å²) in [6, 6.07) is 9.66. The number of nitrogens with zero attached hydrogens (tertiary/aromatic N) is 1. The Bertz CT molecular complexity index is 937. The minimum Gasteiger partial charge on any atom is -0.406 e. The first-order valence-corrected chi connectivity index (χ1v) is 6.67. The van der Waals surface area contributed by atoms with Crippen LogP contribution in [0.15, 0.2) is 51.7 Å². The zero-order chi connectivity index (χ0) is 16.6. The van der Waals surface area contributed by atoms with E-state index < -0.39 is 17.7 Å². The number of hydrogen-bond acceptors (Lipinski definition) is 4. The third-order valence-electron chi connectivity index (χ3n) is 2.92. The van der Waals surface area contributed by atoms with Gasteiger partial charge in [0.2, 0.25) is 5.89 Å². The fourth-order valence-electron chi connectivity index (χ4n) is 2.03. The fraction of sp³-hybridized carbons (Fsp3) is 0.0667. The van der Waals surface area contributed by atoms with Crippen molar-refractivity contribution in [1.82, 2.24) is 4.98 Å². The molecule has 1 aromatic heterocycles. The molecule has 0 aliphatic heterocycles. The summed E-state index contributed by atoms with van der Waals surface area (Å²) in [6.45, 7) is 0. The van der Waals surface area contributed by atoms with E-state index in [1.54, 1.807) is 12.1 Å². The van der Waals surface area contributed by atoms with Crippen molar-refractivity contribution in [1.29, 1.82) is 0 Å². The Morgan fingerprint density at radius 3 is 2.61 bits per heavy atom. The Morgan fingerprint density at radius 1 is 1.13 bits per heavy atom. The van der Waals surface area contributed by atoms with Crippen molar-refractivity contribution in [2.45, 2.75) is 6.36 Å². The molecule has 1 heterocycles. The van der Waals surface area contributed by atoms with Gasteiger partial charge in [0, 0.05) is 5.56 Å². The van der Waals surface area contributed by atoms with E-state index in [0.29, 0.717) is 0 Å². The summed E-state index contributed by atoms with van der Waals surface area (Å²) in [5.74, 6) is -0.567. The summed E-state index contributed by atoms with van der Waals surface area (Å²) >= 11 is 5.91. The first kappa shape index (κ1) is 15.4. The van der Waals surface area contributed by atoms with Crippen LogP contribution in [0.1, 0.15) is 0 Å². The largest absolute Gasteiger partial charge is 0.573 e. The van der Waals surface area contributed by atoms with Gasteiger partial charge in [-0.15, -0.1) is 13.2 Å². The third kappa shape index (κ3) is 3.29. The van der Waals surface area contributed by atoms with E-state index in [2.05, 4.69) is 9.72 Å². The molecule has 0 saturated heterocycles. The molecule has 0 spiro atoms. The van der Waals surface area contributed by atoms with Gasteiger partial charge >= 0.3 is 12.0 Å². The van der Waals surface area contributed by atoms with Crippen LogP contribution in [0.3, 0.4) is 0 Å². The van der Waals surface area contributed by atoms with Gasteiger partial charge in [-0.2, -0.15) is 0 Å². The molecule has 23 heavy (non-hydrogen) atoms. The standard InChI is InChI=1S/C15H7ClF3NO3/c16-10-5-2-6-11-12(10)14(21)22-13(20-11)8-3-1-4-9(7-8)23-15(17,18)19/h1-7H. The number of alkyl halides is 3. The van der Waals surface area contributed by atoms with Gasteiger partial charge in [0.1, 0.15) is 11.1 Å². The zero-order valence-electron chi connectivity index (χ0n) is 11.2. The van der Waals surface area contributed by atoms with E-state index in [1.165, 1.54) is 18.2 Å². The maximum absolute atomic E-state index is 12.3. The van der Waals surface area contributed by atoms with Crippen molar-refractivity contribution < 1.29 is 22.3 Å². The van der Waals surface area contributed by atoms with Gasteiger partial charge in [-0.25, -0.2) is 9.78 Å². The highest BCUT2D eigenvalue weighted by Gasteiger charge is 2.31. The van der Waals surface area contributed by atoms with Gasteiger partial charge in [-0.1, -0.05) is 23.7 Å². The molecule has 0 unspecified atom stereocenters. The van der Waals surface area contributed by atoms with Gasteiger partial charge in [-0.3, -0.25) is 0 Å². The molecule has 0 N–H and O–H groups in total. The zero-order valence-corrected chi connectivity index (χ0v) is 12.0. The Balaban J connectivity index is 2.11. The molecular formula is C15H7ClF3NO3. The number of benzene rings is 2. The monoisotopic (exact) mass is 341 g/mol. The summed E-state index contributed by atoms with van der Waals surface area (Å²) in [5.41, 5.74) is -0.269. The van der Waals surface area contributed by atoms with Crippen molar-refractivity contribution >= 4 is 22.5 Å². The number of aromatic nitrogens is 1. The molecule has 118 valence electrons. The number of rotatable bonds is 2. The molecule has 0 amide bonds. The van der Waals surface area contributed by atoms with Gasteiger partial charge in [0.05, 0.1) is 10.5 Å². The summed E-state index contributed by atoms with van der Waals surface area (Å²) in [5, 5.41) is 0.296. The normalized spacial score (nSPS) is 11.7. The third-order valence-corrected chi connectivity index (χ3v) is 3.24. The van der Waals surface area contributed by atoms with E-state index >= 15 is 0 Å². The van der Waals surface area contributed by atoms with Gasteiger partial charge < -0.3 is 9.15 Å². The molecule has 8 heteroatoms. The first-order chi connectivity index (χ1) is 10.8. The van der Waals surface area contributed by atoms with Gasteiger partial charge in [-0.05, 0) is 30.3 Å². The quantitative estimate of drug-likeness (QED) is 0.693. The van der Waals surface area contributed by atoms with Crippen LogP contribution in [0.4, 0.5) is 13.2 Å². The van der Waals surface area contributed by atoms with Crippen LogP contribution in [0.5, 0.6) is 5.75 Å². The highest BCUT2D eigenvalue weighted by Crippen LogP contribution is 2.28. The van der Waals surface area contributed by atoms with Gasteiger partial charge in [0.15, 0.2) is 0 Å². The van der Waals surface area contributed by atoms with Gasteiger partial charge in [0.25, 0.3) is 0 Å². The van der Waals surface area contributed by atoms with E-state index in [4.69, 9.17) is 16.0 Å². The summed E-state index contributed by atoms with van der Waals surface area (Å²) in [7, 11) is 0. The molecule has 0 fully saturated rings. The van der Waals surface area contributed by atoms with E-state index in [-0.39, 0.29) is 27.4 Å². The Morgan fingerprint density at radius 2 is 1.87 bits per heavy atom. The van der Waals surface area contributed by atoms with Crippen LogP contribution in [0.25, 0.3) is 22.4 Å². The molecule has 4 nitrogen and oxygen atoms in total. The Kier molecular flexibility index (Phi) is 3.73. The van der Waals surface area contributed by atoms with Crippen molar-refractivity contribution in [3.8, 4) is 17.2 Å². The molecule has 0 radical (unpaired) electrons. The van der Waals surface area contributed by atoms with Crippen LogP contribution in [0.2, 0.25) is 5.02 Å². The SMILES string of the molecule is O=c1oc(-c2cccc(OC(F)(F)F)c2)nc2cccc(Cl)c12. The second kappa shape index (κ2) is 5.58. The Hall–Kier alpha value is -2.54. The molecule has 0 saturated carbocycles. The van der Waals surface area contributed by atoms with E-state index in [1.807, 2.05) is 0 Å². The minimum atomic E-state index is -4.82. The molecular weight excluding hydrogens is 335 g/mol. The molecule has 0 atom stereocenters. The lowest BCUT2D eigenvalue weighted by Gasteiger charge is -2.09. The predicted molar refractivity (Wildman–Crippen MR) is 77.4 cm³/mol. The summed E-state index contributed by atoms with van der Waals surface area (Å²) in [6.07, 6.45) is -4.82. The maximum atomic E-state index is 12.3. The second-order valence-electron chi connectivity index (χ2n) is 4.52. The maximum Gasteiger partial charge on any atom is 0.573 e. The highest BCUT2D eigenvalue weighted by molar-refractivity contribution is 6.35. The number of halogens is 4. The number of ether oxygens (including phenoxy) is 1. The van der Waals surface area contributed by atoms with Crippen molar-refractivity contribution in [3.63, 3.8) is 0 Å². The molecule has 3 rings (SSSR count). The fourth-order valence-corrected chi connectivity index (χ4v) is 2.28. The lowest BCUT2D eigenvalue weighted by atomic mass is 10.2. The minimum absolute atomic E-state index is 0.112. The van der Waals surface area contributed by atoms with E-state index in [0.717, 1.165) is 12.1 Å². The van der Waals surface area contributed by atoms with Crippen LogP contribution in [0, 0.1) is 0 Å². The highest BCUT2D eigenvalue weighted by atomic mass is 35.5. The molecule has 0 aliphatic rings. The lowest BCUT2D eigenvalue weighted by Crippen LogP contribution is -2.17. The summed E-state index contributed by atoms with van der Waals surface area (Å²) < 4.78 is 45.7. The summed E-state index contributed by atoms with van der Waals surface area (Å²) in [4.78, 5) is 16.1. The number of fused-ring (bicyclic) bond motifs is 1. The van der Waals surface area contributed by atoms with E-state index in [9.17, 15) is 18.0 Å². The number of hydrogen-bond donors (Lipinski definition) is 0. The Labute approximate surface area is 132 Å². The average Bonchev–Trinajstić information content (AvgIpc) is 2.45. The smallest absolute Gasteiger partial charge is 0.406 e. The first-order valence-electron chi connectivity index (χ1n) is 6.29. The lowest BCUT2D eigenvalue weighted by molar-refractivity contribution is -0.274. The topological polar surface area (TPSA) is 52.3 Å². The average molecular weight is 342 g/mol. The van der Waals surface area contributed by atoms with Crippen LogP contribution in [-0.2, 0) is 0 Å². The molecule has 3 aromatic rings. The van der Waals surface area contributed by atoms with Crippen molar-refractivity contribution in [2.24, 2.45) is 0 Å². The van der Waals surface area contributed by atoms with Crippen LogP contribution in [-0.4, -0.2) is 11.3 Å². The molecule has 2 aromatic carbocycles. The molecule has 0 aliphatic carbocycles. The van der Waals surface area contributed by atoms with Crippen molar-refractivity contribution in [2.75, 3.05) is 0 Å². The second-order valence-corrected chi connectivity index (χ2v) is 4.92. The molecule has 0 bridgehead atoms. The predicted octanol–water partition coefficient (Wildman–Crippen LogP) is 4.41. The van der Waals surface area contributed by atoms with Crippen molar-refractivity contribution in [3.05, 3.63) is 57.9 Å². The van der Waals surface area contributed by atoms with Crippen LogP contribution >= 0.6 is 11.6 Å².